The maximum atomic E-state index is 11.9. The number of hydrogen-bond acceptors (Lipinski definition) is 3. The molecule has 0 fully saturated rings. The Labute approximate surface area is 121 Å². The summed E-state index contributed by atoms with van der Waals surface area (Å²) in [4.78, 5) is 15.9. The molecule has 106 valence electrons. The molecule has 0 aliphatic rings. The predicted molar refractivity (Wildman–Crippen MR) is 79.5 cm³/mol. The number of imidazole rings is 1. The van der Waals surface area contributed by atoms with E-state index in [2.05, 4.69) is 20.5 Å². The average Bonchev–Trinajstić information content (AvgIpc) is 3.19. The summed E-state index contributed by atoms with van der Waals surface area (Å²) in [6.07, 6.45) is 7.35. The zero-order chi connectivity index (χ0) is 14.5. The third-order valence-electron chi connectivity index (χ3n) is 3.11. The molecule has 1 amide bonds. The Kier molecular flexibility index (Phi) is 3.77. The lowest BCUT2D eigenvalue weighted by molar-refractivity contribution is -0.116. The molecule has 0 saturated carbocycles. The van der Waals surface area contributed by atoms with E-state index in [1.165, 1.54) is 0 Å². The maximum Gasteiger partial charge on any atom is 0.226 e. The number of rotatable bonds is 5. The topological polar surface area (TPSA) is 75.6 Å². The van der Waals surface area contributed by atoms with Crippen LogP contribution >= 0.6 is 0 Å². The molecule has 21 heavy (non-hydrogen) atoms. The van der Waals surface area contributed by atoms with Crippen LogP contribution in [-0.4, -0.2) is 25.7 Å². The van der Waals surface area contributed by atoms with Crippen LogP contribution < -0.4 is 5.32 Å². The van der Waals surface area contributed by atoms with Crippen LogP contribution in [0.2, 0.25) is 0 Å². The lowest BCUT2D eigenvalue weighted by atomic mass is 10.1. The third-order valence-corrected chi connectivity index (χ3v) is 3.11. The quantitative estimate of drug-likeness (QED) is 0.753. The Morgan fingerprint density at radius 3 is 3.00 bits per heavy atom. The fourth-order valence-electron chi connectivity index (χ4n) is 2.05. The number of benzene rings is 1. The van der Waals surface area contributed by atoms with E-state index >= 15 is 0 Å². The van der Waals surface area contributed by atoms with Crippen molar-refractivity contribution in [2.75, 3.05) is 5.32 Å². The van der Waals surface area contributed by atoms with E-state index in [1.54, 1.807) is 18.7 Å². The SMILES string of the molecule is O=C(CCn1ccnc1)Nc1cccc(-c2ccn[nH]2)c1. The lowest BCUT2D eigenvalue weighted by Crippen LogP contribution is -2.14. The average molecular weight is 281 g/mol. The van der Waals surface area contributed by atoms with Gasteiger partial charge in [0.2, 0.25) is 5.91 Å². The highest BCUT2D eigenvalue weighted by molar-refractivity contribution is 5.91. The molecule has 6 nitrogen and oxygen atoms in total. The van der Waals surface area contributed by atoms with Crippen LogP contribution in [0.3, 0.4) is 0 Å². The van der Waals surface area contributed by atoms with Gasteiger partial charge in [0, 0.05) is 42.8 Å². The molecule has 2 N–H and O–H groups in total. The van der Waals surface area contributed by atoms with Gasteiger partial charge in [-0.25, -0.2) is 4.98 Å². The van der Waals surface area contributed by atoms with Crippen molar-refractivity contribution < 1.29 is 4.79 Å². The van der Waals surface area contributed by atoms with Gasteiger partial charge in [-0.1, -0.05) is 12.1 Å². The zero-order valence-electron chi connectivity index (χ0n) is 11.4. The monoisotopic (exact) mass is 281 g/mol. The van der Waals surface area contributed by atoms with Crippen molar-refractivity contribution in [3.05, 3.63) is 55.2 Å². The first-order valence-corrected chi connectivity index (χ1v) is 6.67. The van der Waals surface area contributed by atoms with Crippen molar-refractivity contribution in [2.45, 2.75) is 13.0 Å². The molecule has 0 atom stereocenters. The van der Waals surface area contributed by atoms with Gasteiger partial charge in [-0.05, 0) is 18.2 Å². The molecule has 0 radical (unpaired) electrons. The lowest BCUT2D eigenvalue weighted by Gasteiger charge is -2.07. The van der Waals surface area contributed by atoms with Gasteiger partial charge in [-0.2, -0.15) is 5.10 Å². The molecule has 0 aliphatic heterocycles. The Morgan fingerprint density at radius 2 is 2.24 bits per heavy atom. The van der Waals surface area contributed by atoms with Crippen molar-refractivity contribution >= 4 is 11.6 Å². The van der Waals surface area contributed by atoms with Crippen LogP contribution in [0, 0.1) is 0 Å². The van der Waals surface area contributed by atoms with Gasteiger partial charge in [0.05, 0.1) is 12.0 Å². The van der Waals surface area contributed by atoms with Crippen LogP contribution in [0.5, 0.6) is 0 Å². The number of hydrogen-bond donors (Lipinski definition) is 2. The van der Waals surface area contributed by atoms with Crippen molar-refractivity contribution in [3.8, 4) is 11.3 Å². The number of H-pyrrole nitrogens is 1. The molecule has 0 unspecified atom stereocenters. The van der Waals surface area contributed by atoms with E-state index in [0.29, 0.717) is 13.0 Å². The van der Waals surface area contributed by atoms with Crippen molar-refractivity contribution in [1.82, 2.24) is 19.7 Å². The maximum absolute atomic E-state index is 11.9. The van der Waals surface area contributed by atoms with Crippen LogP contribution in [0.1, 0.15) is 6.42 Å². The van der Waals surface area contributed by atoms with Gasteiger partial charge in [0.25, 0.3) is 0 Å². The van der Waals surface area contributed by atoms with Crippen LogP contribution in [0.15, 0.2) is 55.2 Å². The summed E-state index contributed by atoms with van der Waals surface area (Å²) >= 11 is 0. The predicted octanol–water partition coefficient (Wildman–Crippen LogP) is 2.30. The summed E-state index contributed by atoms with van der Waals surface area (Å²) in [5, 5.41) is 9.73. The highest BCUT2D eigenvalue weighted by Crippen LogP contribution is 2.20. The minimum absolute atomic E-state index is 0.0227. The number of anilines is 1. The van der Waals surface area contributed by atoms with E-state index in [1.807, 2.05) is 41.1 Å². The zero-order valence-corrected chi connectivity index (χ0v) is 11.4. The second kappa shape index (κ2) is 6.04. The molecular formula is C15H15N5O. The molecule has 1 aromatic carbocycles. The largest absolute Gasteiger partial charge is 0.337 e. The summed E-state index contributed by atoms with van der Waals surface area (Å²) in [6, 6.07) is 9.55. The molecule has 3 aromatic rings. The van der Waals surface area contributed by atoms with Crippen molar-refractivity contribution in [3.63, 3.8) is 0 Å². The first-order valence-electron chi connectivity index (χ1n) is 6.67. The fraction of sp³-hybridized carbons (Fsp3) is 0.133. The highest BCUT2D eigenvalue weighted by Gasteiger charge is 2.05. The van der Waals surface area contributed by atoms with Crippen LogP contribution in [0.4, 0.5) is 5.69 Å². The number of carbonyl (C=O) groups is 1. The second-order valence-corrected chi connectivity index (χ2v) is 4.65. The van der Waals surface area contributed by atoms with Crippen molar-refractivity contribution in [2.24, 2.45) is 0 Å². The van der Waals surface area contributed by atoms with Gasteiger partial charge in [0.1, 0.15) is 0 Å². The van der Waals surface area contributed by atoms with Gasteiger partial charge in [-0.3, -0.25) is 9.89 Å². The number of aryl methyl sites for hydroxylation is 1. The van der Waals surface area contributed by atoms with E-state index in [9.17, 15) is 4.79 Å². The number of amides is 1. The van der Waals surface area contributed by atoms with Crippen LogP contribution in [-0.2, 0) is 11.3 Å². The van der Waals surface area contributed by atoms with E-state index in [4.69, 9.17) is 0 Å². The third kappa shape index (κ3) is 3.36. The standard InChI is InChI=1S/C15H15N5O/c21-15(5-8-20-9-7-16-11-20)18-13-3-1-2-12(10-13)14-4-6-17-19-14/h1-4,6-7,9-11H,5,8H2,(H,17,19)(H,18,21). The number of carbonyl (C=O) groups excluding carboxylic acids is 1. The number of nitrogens with zero attached hydrogens (tertiary/aromatic N) is 3. The molecule has 0 bridgehead atoms. The molecular weight excluding hydrogens is 266 g/mol. The second-order valence-electron chi connectivity index (χ2n) is 4.65. The first kappa shape index (κ1) is 13.1. The molecule has 0 aliphatic carbocycles. The van der Waals surface area contributed by atoms with Gasteiger partial charge < -0.3 is 9.88 Å². The number of nitrogens with one attached hydrogen (secondary N) is 2. The molecule has 0 saturated heterocycles. The summed E-state index contributed by atoms with van der Waals surface area (Å²) in [5.41, 5.74) is 2.68. The Hall–Kier alpha value is -2.89. The minimum atomic E-state index is -0.0227. The molecule has 6 heteroatoms. The highest BCUT2D eigenvalue weighted by atomic mass is 16.1. The fourth-order valence-corrected chi connectivity index (χ4v) is 2.05. The van der Waals surface area contributed by atoms with Crippen LogP contribution in [0.25, 0.3) is 11.3 Å². The Balaban J connectivity index is 1.62. The molecule has 2 aromatic heterocycles. The Morgan fingerprint density at radius 1 is 1.29 bits per heavy atom. The number of aromatic nitrogens is 4. The summed E-state index contributed by atoms with van der Waals surface area (Å²) in [5.74, 6) is -0.0227. The molecule has 2 heterocycles. The molecule has 3 rings (SSSR count). The van der Waals surface area contributed by atoms with E-state index in [0.717, 1.165) is 16.9 Å². The smallest absolute Gasteiger partial charge is 0.226 e. The van der Waals surface area contributed by atoms with E-state index in [-0.39, 0.29) is 5.91 Å². The summed E-state index contributed by atoms with van der Waals surface area (Å²) in [7, 11) is 0. The molecule has 0 spiro atoms. The summed E-state index contributed by atoms with van der Waals surface area (Å²) in [6.45, 7) is 0.617. The van der Waals surface area contributed by atoms with Gasteiger partial charge in [-0.15, -0.1) is 0 Å². The summed E-state index contributed by atoms with van der Waals surface area (Å²) < 4.78 is 1.88. The minimum Gasteiger partial charge on any atom is -0.337 e. The Bertz CT molecular complexity index is 704. The van der Waals surface area contributed by atoms with Gasteiger partial charge >= 0.3 is 0 Å². The number of aromatic amines is 1. The van der Waals surface area contributed by atoms with Crippen molar-refractivity contribution in [1.29, 1.82) is 0 Å². The normalized spacial score (nSPS) is 10.5. The van der Waals surface area contributed by atoms with Gasteiger partial charge in [0.15, 0.2) is 0 Å². The first-order chi connectivity index (χ1) is 10.3. The van der Waals surface area contributed by atoms with E-state index < -0.39 is 0 Å².